The van der Waals surface area contributed by atoms with Gasteiger partial charge in [0, 0.05) is 5.69 Å². The Labute approximate surface area is 158 Å². The number of benzene rings is 3. The highest BCUT2D eigenvalue weighted by molar-refractivity contribution is 7.95. The van der Waals surface area contributed by atoms with Gasteiger partial charge in [0.25, 0.3) is 15.9 Å². The van der Waals surface area contributed by atoms with Crippen LogP contribution in [0.4, 0.5) is 11.4 Å². The van der Waals surface area contributed by atoms with E-state index >= 15 is 0 Å². The average molecular weight is 378 g/mol. The zero-order valence-electron chi connectivity index (χ0n) is 14.4. The monoisotopic (exact) mass is 378 g/mol. The summed E-state index contributed by atoms with van der Waals surface area (Å²) in [5, 5.41) is 3.83. The number of hydrogen-bond donors (Lipinski definition) is 2. The number of para-hydroxylation sites is 2. The number of nitrogens with one attached hydrogen (secondary N) is 2. The Bertz CT molecular complexity index is 1050. The quantitative estimate of drug-likeness (QED) is 0.669. The molecular formula is C21H18N2O3S. The largest absolute Gasteiger partial charge is 0.322 e. The molecule has 0 radical (unpaired) electrons. The first-order valence-electron chi connectivity index (χ1n) is 8.25. The van der Waals surface area contributed by atoms with Crippen molar-refractivity contribution in [1.82, 2.24) is 0 Å². The van der Waals surface area contributed by atoms with Gasteiger partial charge < -0.3 is 5.32 Å². The maximum atomic E-state index is 12.5. The Hall–Kier alpha value is -3.38. The summed E-state index contributed by atoms with van der Waals surface area (Å²) in [5.74, 6) is -0.397. The van der Waals surface area contributed by atoms with Gasteiger partial charge in [0.1, 0.15) is 0 Å². The molecule has 2 N–H and O–H groups in total. The SMILES string of the molecule is O=C(Nc1ccccc1)c1ccccc1NS(=O)(=O)/C=C/c1ccccc1. The van der Waals surface area contributed by atoms with E-state index in [2.05, 4.69) is 10.0 Å². The van der Waals surface area contributed by atoms with Gasteiger partial charge in [-0.25, -0.2) is 8.42 Å². The fraction of sp³-hybridized carbons (Fsp3) is 0. The van der Waals surface area contributed by atoms with Gasteiger partial charge in [0.2, 0.25) is 0 Å². The van der Waals surface area contributed by atoms with Crippen LogP contribution in [-0.2, 0) is 10.0 Å². The molecule has 0 saturated heterocycles. The number of anilines is 2. The Balaban J connectivity index is 1.79. The summed E-state index contributed by atoms with van der Waals surface area (Å²) < 4.78 is 27.2. The Morgan fingerprint density at radius 3 is 2.07 bits per heavy atom. The molecule has 3 aromatic rings. The van der Waals surface area contributed by atoms with Crippen molar-refractivity contribution < 1.29 is 13.2 Å². The lowest BCUT2D eigenvalue weighted by Gasteiger charge is -2.11. The van der Waals surface area contributed by atoms with Crippen molar-refractivity contribution in [1.29, 1.82) is 0 Å². The van der Waals surface area contributed by atoms with E-state index in [4.69, 9.17) is 0 Å². The molecule has 3 rings (SSSR count). The van der Waals surface area contributed by atoms with E-state index in [1.54, 1.807) is 60.7 Å². The molecule has 0 aliphatic carbocycles. The summed E-state index contributed by atoms with van der Waals surface area (Å²) in [6.07, 6.45) is 1.50. The third-order valence-electron chi connectivity index (χ3n) is 3.69. The van der Waals surface area contributed by atoms with E-state index in [0.29, 0.717) is 5.69 Å². The highest BCUT2D eigenvalue weighted by Gasteiger charge is 2.15. The molecule has 0 saturated carbocycles. The molecular weight excluding hydrogens is 360 g/mol. The second-order valence-electron chi connectivity index (χ2n) is 5.73. The molecule has 0 spiro atoms. The van der Waals surface area contributed by atoms with Crippen LogP contribution in [0.5, 0.6) is 0 Å². The predicted molar refractivity (Wildman–Crippen MR) is 109 cm³/mol. The van der Waals surface area contributed by atoms with Crippen LogP contribution in [0.2, 0.25) is 0 Å². The van der Waals surface area contributed by atoms with E-state index < -0.39 is 15.9 Å². The van der Waals surface area contributed by atoms with Gasteiger partial charge >= 0.3 is 0 Å². The third kappa shape index (κ3) is 5.29. The van der Waals surface area contributed by atoms with Crippen LogP contribution in [0.3, 0.4) is 0 Å². The van der Waals surface area contributed by atoms with Crippen LogP contribution in [0, 0.1) is 0 Å². The summed E-state index contributed by atoms with van der Waals surface area (Å²) in [7, 11) is -3.77. The van der Waals surface area contributed by atoms with Gasteiger partial charge in [-0.3, -0.25) is 9.52 Å². The molecule has 0 aliphatic rings. The molecule has 0 unspecified atom stereocenters. The van der Waals surface area contributed by atoms with E-state index in [9.17, 15) is 13.2 Å². The number of carbonyl (C=O) groups excluding carboxylic acids is 1. The van der Waals surface area contributed by atoms with Crippen LogP contribution in [-0.4, -0.2) is 14.3 Å². The maximum absolute atomic E-state index is 12.5. The van der Waals surface area contributed by atoms with Gasteiger partial charge in [0.05, 0.1) is 16.7 Å². The molecule has 27 heavy (non-hydrogen) atoms. The summed E-state index contributed by atoms with van der Waals surface area (Å²) in [5.41, 5.74) is 1.84. The lowest BCUT2D eigenvalue weighted by atomic mass is 10.1. The van der Waals surface area contributed by atoms with Crippen molar-refractivity contribution in [3.8, 4) is 0 Å². The second kappa shape index (κ2) is 8.33. The topological polar surface area (TPSA) is 75.3 Å². The Kier molecular flexibility index (Phi) is 5.68. The molecule has 0 fully saturated rings. The molecule has 136 valence electrons. The molecule has 0 aromatic heterocycles. The highest BCUT2D eigenvalue weighted by atomic mass is 32.2. The van der Waals surface area contributed by atoms with Crippen molar-refractivity contribution in [3.63, 3.8) is 0 Å². The van der Waals surface area contributed by atoms with Crippen molar-refractivity contribution >= 4 is 33.4 Å². The first-order valence-corrected chi connectivity index (χ1v) is 9.79. The van der Waals surface area contributed by atoms with Crippen LogP contribution >= 0.6 is 0 Å². The van der Waals surface area contributed by atoms with Gasteiger partial charge in [0.15, 0.2) is 0 Å². The average Bonchev–Trinajstić information content (AvgIpc) is 2.68. The number of carbonyl (C=O) groups is 1. The van der Waals surface area contributed by atoms with Crippen LogP contribution in [0.15, 0.2) is 90.3 Å². The number of sulfonamides is 1. The van der Waals surface area contributed by atoms with E-state index in [1.807, 2.05) is 24.3 Å². The van der Waals surface area contributed by atoms with E-state index in [1.165, 1.54) is 6.08 Å². The van der Waals surface area contributed by atoms with Crippen molar-refractivity contribution in [2.75, 3.05) is 10.0 Å². The Morgan fingerprint density at radius 2 is 1.37 bits per heavy atom. The lowest BCUT2D eigenvalue weighted by molar-refractivity contribution is 0.102. The van der Waals surface area contributed by atoms with Gasteiger partial charge in [-0.05, 0) is 35.9 Å². The van der Waals surface area contributed by atoms with Crippen LogP contribution < -0.4 is 10.0 Å². The lowest BCUT2D eigenvalue weighted by Crippen LogP contribution is -2.17. The molecule has 6 heteroatoms. The Morgan fingerprint density at radius 1 is 0.778 bits per heavy atom. The molecule has 0 bridgehead atoms. The van der Waals surface area contributed by atoms with E-state index in [0.717, 1.165) is 11.0 Å². The molecule has 0 atom stereocenters. The molecule has 0 aliphatic heterocycles. The minimum Gasteiger partial charge on any atom is -0.322 e. The molecule has 5 nitrogen and oxygen atoms in total. The normalized spacial score (nSPS) is 11.3. The van der Waals surface area contributed by atoms with Crippen molar-refractivity contribution in [2.45, 2.75) is 0 Å². The maximum Gasteiger partial charge on any atom is 0.257 e. The van der Waals surface area contributed by atoms with E-state index in [-0.39, 0.29) is 11.3 Å². The van der Waals surface area contributed by atoms with Crippen molar-refractivity contribution in [2.24, 2.45) is 0 Å². The van der Waals surface area contributed by atoms with Crippen LogP contribution in [0.25, 0.3) is 6.08 Å². The van der Waals surface area contributed by atoms with Gasteiger partial charge in [-0.2, -0.15) is 0 Å². The summed E-state index contributed by atoms with van der Waals surface area (Å²) in [6, 6.07) is 24.5. The number of amides is 1. The summed E-state index contributed by atoms with van der Waals surface area (Å²) in [6.45, 7) is 0. The molecule has 0 heterocycles. The summed E-state index contributed by atoms with van der Waals surface area (Å²) in [4.78, 5) is 12.5. The third-order valence-corrected chi connectivity index (χ3v) is 4.69. The smallest absolute Gasteiger partial charge is 0.257 e. The fourth-order valence-electron chi connectivity index (χ4n) is 2.41. The minimum absolute atomic E-state index is 0.212. The highest BCUT2D eigenvalue weighted by Crippen LogP contribution is 2.19. The number of hydrogen-bond acceptors (Lipinski definition) is 3. The van der Waals surface area contributed by atoms with Gasteiger partial charge in [-0.1, -0.05) is 60.7 Å². The standard InChI is InChI=1S/C21H18N2O3S/c24-21(22-18-11-5-2-6-12-18)19-13-7-8-14-20(19)23-27(25,26)16-15-17-9-3-1-4-10-17/h1-16,23H,(H,22,24)/b16-15+. The van der Waals surface area contributed by atoms with Gasteiger partial charge in [-0.15, -0.1) is 0 Å². The number of rotatable bonds is 6. The van der Waals surface area contributed by atoms with Crippen LogP contribution in [0.1, 0.15) is 15.9 Å². The van der Waals surface area contributed by atoms with Crippen molar-refractivity contribution in [3.05, 3.63) is 101 Å². The fourth-order valence-corrected chi connectivity index (χ4v) is 3.30. The zero-order chi connectivity index (χ0) is 19.1. The first-order chi connectivity index (χ1) is 13.0. The molecule has 3 aromatic carbocycles. The zero-order valence-corrected chi connectivity index (χ0v) is 15.2. The molecule has 1 amide bonds. The minimum atomic E-state index is -3.77. The second-order valence-corrected chi connectivity index (χ2v) is 7.29. The summed E-state index contributed by atoms with van der Waals surface area (Å²) >= 11 is 0. The first kappa shape index (κ1) is 18.4. The predicted octanol–water partition coefficient (Wildman–Crippen LogP) is 4.35.